The van der Waals surface area contributed by atoms with Crippen molar-refractivity contribution in [1.82, 2.24) is 19.6 Å². The Kier molecular flexibility index (Phi) is 7.21. The summed E-state index contributed by atoms with van der Waals surface area (Å²) in [5.41, 5.74) is 2.21. The van der Waals surface area contributed by atoms with E-state index in [9.17, 15) is 14.7 Å². The molecule has 2 aliphatic rings. The molecule has 9 nitrogen and oxygen atoms in total. The zero-order chi connectivity index (χ0) is 28.9. The molecule has 2 amide bonds. The van der Waals surface area contributed by atoms with E-state index in [0.29, 0.717) is 47.0 Å². The Balaban J connectivity index is 1.23. The van der Waals surface area contributed by atoms with Crippen LogP contribution in [0.15, 0.2) is 42.6 Å². The lowest BCUT2D eigenvalue weighted by atomic mass is 10.0. The largest absolute Gasteiger partial charge is 0.444 e. The number of aromatic nitrogens is 2. The van der Waals surface area contributed by atoms with Gasteiger partial charge >= 0.3 is 6.09 Å². The fourth-order valence-corrected chi connectivity index (χ4v) is 6.53. The van der Waals surface area contributed by atoms with Crippen molar-refractivity contribution in [2.24, 2.45) is 0 Å². The average molecular weight is 581 g/mol. The van der Waals surface area contributed by atoms with Gasteiger partial charge in [-0.15, -0.1) is 0 Å². The van der Waals surface area contributed by atoms with Crippen molar-refractivity contribution < 1.29 is 28.6 Å². The standard InChI is InChI=1S/C30H33FN4O5S/c1-30(2,3)40-29(38)35-15-20(36)14-25(35)17-4-6-21(22(31)12-17)23-16-34-24-7-5-18(13-26(24)41-28(34)33-23)27(37)32-19-8-10-39-11-9-19/h4-7,12-13,16,19-20,25,36H,8-11,14-15H2,1-3H3,(H,32,37)/t20-,25+/m0/s1. The summed E-state index contributed by atoms with van der Waals surface area (Å²) in [6.07, 6.45) is 2.47. The third-order valence-corrected chi connectivity index (χ3v) is 8.49. The fourth-order valence-electron chi connectivity index (χ4n) is 5.48. The molecule has 216 valence electrons. The molecule has 0 saturated carbocycles. The van der Waals surface area contributed by atoms with Crippen molar-refractivity contribution in [1.29, 1.82) is 0 Å². The highest BCUT2D eigenvalue weighted by molar-refractivity contribution is 7.23. The van der Waals surface area contributed by atoms with E-state index in [1.165, 1.54) is 22.3 Å². The summed E-state index contributed by atoms with van der Waals surface area (Å²) in [7, 11) is 0. The van der Waals surface area contributed by atoms with Crippen molar-refractivity contribution in [3.63, 3.8) is 0 Å². The number of nitrogens with zero attached hydrogens (tertiary/aromatic N) is 3. The number of benzene rings is 2. The van der Waals surface area contributed by atoms with E-state index in [1.54, 1.807) is 45.2 Å². The van der Waals surface area contributed by atoms with Crippen LogP contribution in [0.3, 0.4) is 0 Å². The minimum absolute atomic E-state index is 0.104. The highest BCUT2D eigenvalue weighted by Gasteiger charge is 2.38. The molecular formula is C30H33FN4O5S. The predicted molar refractivity (Wildman–Crippen MR) is 154 cm³/mol. The molecule has 6 rings (SSSR count). The van der Waals surface area contributed by atoms with Gasteiger partial charge in [-0.3, -0.25) is 14.1 Å². The first kappa shape index (κ1) is 27.6. The summed E-state index contributed by atoms with van der Waals surface area (Å²) < 4.78 is 29.2. The zero-order valence-electron chi connectivity index (χ0n) is 23.2. The van der Waals surface area contributed by atoms with Crippen LogP contribution in [-0.4, -0.2) is 68.9 Å². The van der Waals surface area contributed by atoms with Gasteiger partial charge in [-0.25, -0.2) is 14.2 Å². The second kappa shape index (κ2) is 10.7. The van der Waals surface area contributed by atoms with Gasteiger partial charge in [0.1, 0.15) is 11.4 Å². The van der Waals surface area contributed by atoms with Gasteiger partial charge < -0.3 is 19.9 Å². The highest BCUT2D eigenvalue weighted by atomic mass is 32.1. The molecule has 2 aromatic heterocycles. The van der Waals surface area contributed by atoms with E-state index in [1.807, 2.05) is 16.5 Å². The van der Waals surface area contributed by atoms with Crippen molar-refractivity contribution in [3.05, 3.63) is 59.5 Å². The highest BCUT2D eigenvalue weighted by Crippen LogP contribution is 2.36. The summed E-state index contributed by atoms with van der Waals surface area (Å²) in [6, 6.07) is 10.0. The number of carbonyl (C=O) groups excluding carboxylic acids is 2. The number of aliphatic hydroxyl groups is 1. The lowest BCUT2D eigenvalue weighted by Crippen LogP contribution is -2.38. The fraction of sp³-hybridized carbons (Fsp3) is 0.433. The number of hydrogen-bond acceptors (Lipinski definition) is 7. The Hall–Kier alpha value is -3.54. The smallest absolute Gasteiger partial charge is 0.410 e. The van der Waals surface area contributed by atoms with Crippen LogP contribution in [0.25, 0.3) is 26.4 Å². The summed E-state index contributed by atoms with van der Waals surface area (Å²) in [5.74, 6) is -0.567. The van der Waals surface area contributed by atoms with Gasteiger partial charge in [0.05, 0.1) is 34.6 Å². The Morgan fingerprint density at radius 1 is 1.17 bits per heavy atom. The lowest BCUT2D eigenvalue weighted by Gasteiger charge is -2.28. The number of fused-ring (bicyclic) bond motifs is 3. The van der Waals surface area contributed by atoms with Crippen LogP contribution in [0, 0.1) is 5.82 Å². The number of imidazole rings is 1. The third kappa shape index (κ3) is 5.66. The van der Waals surface area contributed by atoms with Crippen molar-refractivity contribution in [2.45, 2.75) is 63.8 Å². The second-order valence-electron chi connectivity index (χ2n) is 11.7. The number of halogens is 1. The van der Waals surface area contributed by atoms with Gasteiger partial charge in [-0.05, 0) is 75.9 Å². The lowest BCUT2D eigenvalue weighted by molar-refractivity contribution is 0.0206. The van der Waals surface area contributed by atoms with Crippen LogP contribution in [0.1, 0.15) is 62.0 Å². The number of ether oxygens (including phenoxy) is 2. The number of amides is 2. The zero-order valence-corrected chi connectivity index (χ0v) is 24.0. The van der Waals surface area contributed by atoms with Crippen LogP contribution < -0.4 is 5.32 Å². The molecule has 2 saturated heterocycles. The van der Waals surface area contributed by atoms with E-state index >= 15 is 4.39 Å². The molecule has 0 aliphatic carbocycles. The number of β-amino-alcohol motifs (C(OH)–C–C–N with tert-alkyl or cyclic N) is 1. The van der Waals surface area contributed by atoms with E-state index in [4.69, 9.17) is 9.47 Å². The normalized spacial score (nSPS) is 20.2. The van der Waals surface area contributed by atoms with Crippen LogP contribution in [0.4, 0.5) is 9.18 Å². The minimum atomic E-state index is -0.711. The summed E-state index contributed by atoms with van der Waals surface area (Å²) in [4.78, 5) is 32.4. The number of aliphatic hydroxyl groups excluding tert-OH is 1. The maximum atomic E-state index is 15.5. The van der Waals surface area contributed by atoms with Crippen LogP contribution >= 0.6 is 11.3 Å². The number of hydrogen-bond donors (Lipinski definition) is 2. The first-order chi connectivity index (χ1) is 19.6. The van der Waals surface area contributed by atoms with Gasteiger partial charge in [-0.2, -0.15) is 0 Å². The molecule has 41 heavy (non-hydrogen) atoms. The molecule has 0 spiro atoms. The summed E-state index contributed by atoms with van der Waals surface area (Å²) in [5, 5.41) is 13.4. The molecule has 2 aromatic carbocycles. The molecule has 4 aromatic rings. The molecule has 0 radical (unpaired) electrons. The quantitative estimate of drug-likeness (QED) is 0.339. The molecule has 4 heterocycles. The Morgan fingerprint density at radius 2 is 1.95 bits per heavy atom. The molecule has 2 fully saturated rings. The van der Waals surface area contributed by atoms with Crippen LogP contribution in [0.2, 0.25) is 0 Å². The van der Waals surface area contributed by atoms with Gasteiger partial charge in [0.15, 0.2) is 4.96 Å². The molecule has 2 aliphatic heterocycles. The van der Waals surface area contributed by atoms with E-state index < -0.39 is 29.7 Å². The summed E-state index contributed by atoms with van der Waals surface area (Å²) in [6.45, 7) is 6.79. The molecule has 2 N–H and O–H groups in total. The maximum absolute atomic E-state index is 15.5. The first-order valence-electron chi connectivity index (χ1n) is 13.8. The third-order valence-electron chi connectivity index (χ3n) is 7.47. The monoisotopic (exact) mass is 580 g/mol. The van der Waals surface area contributed by atoms with Crippen LogP contribution in [0.5, 0.6) is 0 Å². The molecular weight excluding hydrogens is 547 g/mol. The van der Waals surface area contributed by atoms with Gasteiger partial charge in [0.25, 0.3) is 5.91 Å². The van der Waals surface area contributed by atoms with Crippen LogP contribution in [-0.2, 0) is 9.47 Å². The second-order valence-corrected chi connectivity index (χ2v) is 12.7. The SMILES string of the molecule is CC(C)(C)OC(=O)N1C[C@@H](O)C[C@@H]1c1ccc(-c2cn3c(n2)sc2cc(C(=O)NC4CCOCC4)ccc23)c(F)c1. The minimum Gasteiger partial charge on any atom is -0.444 e. The van der Waals surface area contributed by atoms with Crippen molar-refractivity contribution in [2.75, 3.05) is 19.8 Å². The topological polar surface area (TPSA) is 105 Å². The average Bonchev–Trinajstić information content (AvgIpc) is 3.60. The number of thiazole rings is 1. The molecule has 2 atom stereocenters. The van der Waals surface area contributed by atoms with E-state index in [-0.39, 0.29) is 18.5 Å². The molecule has 0 bridgehead atoms. The number of rotatable bonds is 4. The predicted octanol–water partition coefficient (Wildman–Crippen LogP) is 5.31. The first-order valence-corrected chi connectivity index (χ1v) is 14.6. The Labute approximate surface area is 240 Å². The van der Waals surface area contributed by atoms with Crippen molar-refractivity contribution in [3.8, 4) is 11.3 Å². The van der Waals surface area contributed by atoms with E-state index in [0.717, 1.165) is 23.1 Å². The number of likely N-dealkylation sites (tertiary alicyclic amines) is 1. The van der Waals surface area contributed by atoms with Gasteiger partial charge in [-0.1, -0.05) is 17.4 Å². The molecule has 11 heteroatoms. The van der Waals surface area contributed by atoms with Crippen molar-refractivity contribution >= 4 is 38.5 Å². The Bertz CT molecular complexity index is 1620. The number of carbonyl (C=O) groups is 2. The van der Waals surface area contributed by atoms with Gasteiger partial charge in [0.2, 0.25) is 0 Å². The van der Waals surface area contributed by atoms with E-state index in [2.05, 4.69) is 10.3 Å². The number of nitrogens with one attached hydrogen (secondary N) is 1. The Morgan fingerprint density at radius 3 is 2.68 bits per heavy atom. The maximum Gasteiger partial charge on any atom is 0.410 e. The molecule has 0 unspecified atom stereocenters. The van der Waals surface area contributed by atoms with Gasteiger partial charge in [0, 0.05) is 36.6 Å². The summed E-state index contributed by atoms with van der Waals surface area (Å²) >= 11 is 1.44.